The van der Waals surface area contributed by atoms with Gasteiger partial charge in [-0.05, 0) is 43.0 Å². The predicted octanol–water partition coefficient (Wildman–Crippen LogP) is 5.94. The van der Waals surface area contributed by atoms with Gasteiger partial charge >= 0.3 is 0 Å². The number of thiazole rings is 1. The third-order valence-corrected chi connectivity index (χ3v) is 5.97. The number of aryl methyl sites for hydroxylation is 2. The van der Waals surface area contributed by atoms with Gasteiger partial charge in [0, 0.05) is 10.4 Å². The molecule has 0 unspecified atom stereocenters. The molecule has 3 heterocycles. The number of rotatable bonds is 2. The number of halogens is 1. The number of hydrogen-bond acceptors (Lipinski definition) is 4. The summed E-state index contributed by atoms with van der Waals surface area (Å²) in [5.41, 5.74) is 3.92. The van der Waals surface area contributed by atoms with E-state index in [9.17, 15) is 0 Å². The van der Waals surface area contributed by atoms with Crippen LogP contribution >= 0.6 is 22.9 Å². The summed E-state index contributed by atoms with van der Waals surface area (Å²) in [5, 5.41) is 13.0. The first-order chi connectivity index (χ1) is 13.1. The highest BCUT2D eigenvalue weighted by molar-refractivity contribution is 7.15. The molecule has 0 fully saturated rings. The molecule has 27 heavy (non-hydrogen) atoms. The normalized spacial score (nSPS) is 11.5. The van der Waals surface area contributed by atoms with Crippen LogP contribution in [0.2, 0.25) is 5.02 Å². The van der Waals surface area contributed by atoms with Gasteiger partial charge < -0.3 is 0 Å². The number of aromatic nitrogens is 4. The molecule has 0 saturated heterocycles. The van der Waals surface area contributed by atoms with Crippen LogP contribution in [0.25, 0.3) is 38.4 Å². The van der Waals surface area contributed by atoms with Crippen LogP contribution in [0.1, 0.15) is 10.7 Å². The largest absolute Gasteiger partial charge is 0.274 e. The van der Waals surface area contributed by atoms with Gasteiger partial charge in [-0.15, -0.1) is 21.5 Å². The van der Waals surface area contributed by atoms with E-state index >= 15 is 0 Å². The van der Waals surface area contributed by atoms with Crippen LogP contribution in [-0.4, -0.2) is 19.6 Å². The Labute approximate surface area is 165 Å². The Morgan fingerprint density at radius 2 is 1.74 bits per heavy atom. The second-order valence-electron chi connectivity index (χ2n) is 6.45. The number of pyridine rings is 1. The standard InChI is InChI=1S/C21H15ClN4S/c1-12-19(27-13(2)23-12)21-25-24-20-17-6-4-3-5-15(17)11-18(26(20)21)14-7-9-16(22)10-8-14/h3-11H,1-2H3. The van der Waals surface area contributed by atoms with Crippen molar-refractivity contribution >= 4 is 39.4 Å². The number of fused-ring (bicyclic) bond motifs is 3. The maximum Gasteiger partial charge on any atom is 0.180 e. The lowest BCUT2D eigenvalue weighted by Crippen LogP contribution is -1.96. The quantitative estimate of drug-likeness (QED) is 0.374. The van der Waals surface area contributed by atoms with Crippen molar-refractivity contribution in [2.45, 2.75) is 13.8 Å². The molecule has 6 heteroatoms. The van der Waals surface area contributed by atoms with Gasteiger partial charge in [0.05, 0.1) is 21.3 Å². The highest BCUT2D eigenvalue weighted by Crippen LogP contribution is 2.35. The van der Waals surface area contributed by atoms with E-state index in [0.717, 1.165) is 49.1 Å². The molecular formula is C21H15ClN4S. The minimum Gasteiger partial charge on any atom is -0.274 e. The van der Waals surface area contributed by atoms with Crippen LogP contribution in [0.4, 0.5) is 0 Å². The second kappa shape index (κ2) is 6.15. The van der Waals surface area contributed by atoms with Gasteiger partial charge in [0.2, 0.25) is 0 Å². The molecule has 0 radical (unpaired) electrons. The third-order valence-electron chi connectivity index (χ3n) is 4.64. The van der Waals surface area contributed by atoms with Crippen molar-refractivity contribution in [2.75, 3.05) is 0 Å². The van der Waals surface area contributed by atoms with Crippen molar-refractivity contribution in [3.8, 4) is 22.0 Å². The van der Waals surface area contributed by atoms with Crippen molar-refractivity contribution < 1.29 is 0 Å². The summed E-state index contributed by atoms with van der Waals surface area (Å²) >= 11 is 7.75. The summed E-state index contributed by atoms with van der Waals surface area (Å²) in [6.07, 6.45) is 0. The van der Waals surface area contributed by atoms with E-state index < -0.39 is 0 Å². The summed E-state index contributed by atoms with van der Waals surface area (Å²) in [4.78, 5) is 5.62. The highest BCUT2D eigenvalue weighted by atomic mass is 35.5. The summed E-state index contributed by atoms with van der Waals surface area (Å²) in [5.74, 6) is 0.823. The van der Waals surface area contributed by atoms with E-state index in [1.165, 1.54) is 0 Å². The molecule has 0 atom stereocenters. The van der Waals surface area contributed by atoms with Crippen LogP contribution < -0.4 is 0 Å². The fraction of sp³-hybridized carbons (Fsp3) is 0.0952. The zero-order chi connectivity index (χ0) is 18.5. The third kappa shape index (κ3) is 2.62. The number of nitrogens with zero attached hydrogens (tertiary/aromatic N) is 4. The molecule has 0 bridgehead atoms. The SMILES string of the molecule is Cc1nc(C)c(-c2nnc3c4ccccc4cc(-c4ccc(Cl)cc4)n23)s1. The maximum atomic E-state index is 6.10. The second-order valence-corrected chi connectivity index (χ2v) is 8.09. The van der Waals surface area contributed by atoms with Gasteiger partial charge in [0.25, 0.3) is 0 Å². The van der Waals surface area contributed by atoms with Crippen molar-refractivity contribution in [1.29, 1.82) is 0 Å². The molecule has 0 amide bonds. The van der Waals surface area contributed by atoms with Gasteiger partial charge in [0.1, 0.15) is 0 Å². The number of benzene rings is 2. The van der Waals surface area contributed by atoms with Crippen molar-refractivity contribution in [3.63, 3.8) is 0 Å². The van der Waals surface area contributed by atoms with Crippen LogP contribution in [0.15, 0.2) is 54.6 Å². The fourth-order valence-corrected chi connectivity index (χ4v) is 4.46. The van der Waals surface area contributed by atoms with Gasteiger partial charge in [-0.2, -0.15) is 0 Å². The summed E-state index contributed by atoms with van der Waals surface area (Å²) < 4.78 is 2.13. The first kappa shape index (κ1) is 16.4. The van der Waals surface area contributed by atoms with E-state index in [4.69, 9.17) is 11.6 Å². The van der Waals surface area contributed by atoms with Crippen LogP contribution in [0, 0.1) is 13.8 Å². The summed E-state index contributed by atoms with van der Waals surface area (Å²) in [6.45, 7) is 4.03. The van der Waals surface area contributed by atoms with E-state index in [1.54, 1.807) is 11.3 Å². The van der Waals surface area contributed by atoms with Gasteiger partial charge in [-0.3, -0.25) is 4.40 Å². The average molecular weight is 391 g/mol. The molecule has 0 aliphatic heterocycles. The Bertz CT molecular complexity index is 1300. The lowest BCUT2D eigenvalue weighted by atomic mass is 10.1. The van der Waals surface area contributed by atoms with Crippen LogP contribution in [0.5, 0.6) is 0 Å². The van der Waals surface area contributed by atoms with E-state index in [2.05, 4.69) is 37.8 Å². The summed E-state index contributed by atoms with van der Waals surface area (Å²) in [7, 11) is 0. The monoisotopic (exact) mass is 390 g/mol. The average Bonchev–Trinajstić information content (AvgIpc) is 3.25. The molecule has 0 spiro atoms. The molecule has 132 valence electrons. The van der Waals surface area contributed by atoms with Crippen LogP contribution in [-0.2, 0) is 0 Å². The molecule has 0 N–H and O–H groups in total. The maximum absolute atomic E-state index is 6.10. The minimum atomic E-state index is 0.716. The van der Waals surface area contributed by atoms with Gasteiger partial charge in [-0.1, -0.05) is 48.0 Å². The first-order valence-corrected chi connectivity index (χ1v) is 9.78. The lowest BCUT2D eigenvalue weighted by molar-refractivity contribution is 1.11. The molecule has 5 aromatic rings. The highest BCUT2D eigenvalue weighted by Gasteiger charge is 2.19. The molecule has 0 saturated carbocycles. The van der Waals surface area contributed by atoms with Crippen molar-refractivity contribution in [2.24, 2.45) is 0 Å². The molecule has 3 aromatic heterocycles. The molecule has 5 rings (SSSR count). The lowest BCUT2D eigenvalue weighted by Gasteiger charge is -2.11. The molecular weight excluding hydrogens is 376 g/mol. The van der Waals surface area contributed by atoms with Crippen molar-refractivity contribution in [1.82, 2.24) is 19.6 Å². The Kier molecular flexibility index (Phi) is 3.74. The smallest absolute Gasteiger partial charge is 0.180 e. The van der Waals surface area contributed by atoms with Gasteiger partial charge in [-0.25, -0.2) is 4.98 Å². The van der Waals surface area contributed by atoms with E-state index in [1.807, 2.05) is 50.2 Å². The molecule has 0 aliphatic carbocycles. The minimum absolute atomic E-state index is 0.716. The molecule has 0 aliphatic rings. The Balaban J connectivity index is 1.92. The van der Waals surface area contributed by atoms with E-state index in [-0.39, 0.29) is 0 Å². The Morgan fingerprint density at radius 1 is 0.963 bits per heavy atom. The summed E-state index contributed by atoms with van der Waals surface area (Å²) in [6, 6.07) is 18.3. The topological polar surface area (TPSA) is 43.1 Å². The van der Waals surface area contributed by atoms with Crippen LogP contribution in [0.3, 0.4) is 0 Å². The Hall–Kier alpha value is -2.76. The zero-order valence-corrected chi connectivity index (χ0v) is 16.3. The zero-order valence-electron chi connectivity index (χ0n) is 14.8. The number of hydrogen-bond donors (Lipinski definition) is 0. The molecule has 2 aromatic carbocycles. The van der Waals surface area contributed by atoms with E-state index in [0.29, 0.717) is 5.02 Å². The fourth-order valence-electron chi connectivity index (χ4n) is 3.44. The van der Waals surface area contributed by atoms with Crippen molar-refractivity contribution in [3.05, 3.63) is 70.3 Å². The molecule has 4 nitrogen and oxygen atoms in total. The van der Waals surface area contributed by atoms with Gasteiger partial charge in [0.15, 0.2) is 11.5 Å². The first-order valence-electron chi connectivity index (χ1n) is 8.59. The predicted molar refractivity (Wildman–Crippen MR) is 112 cm³/mol. The Morgan fingerprint density at radius 3 is 2.48 bits per heavy atom.